The van der Waals surface area contributed by atoms with Crippen LogP contribution in [0.4, 0.5) is 0 Å². The first-order valence-electron chi connectivity index (χ1n) is 5.76. The van der Waals surface area contributed by atoms with E-state index in [9.17, 15) is 0 Å². The molecule has 1 rings (SSSR count). The van der Waals surface area contributed by atoms with Crippen molar-refractivity contribution >= 4 is 17.2 Å². The molecule has 0 heterocycles. The topological polar surface area (TPSA) is 29.3 Å². The van der Waals surface area contributed by atoms with Gasteiger partial charge in [-0.25, -0.2) is 0 Å². The summed E-state index contributed by atoms with van der Waals surface area (Å²) in [7, 11) is 0. The van der Waals surface area contributed by atoms with Crippen LogP contribution in [0, 0.1) is 0 Å². The first kappa shape index (κ1) is 11.9. The van der Waals surface area contributed by atoms with Gasteiger partial charge in [-0.1, -0.05) is 19.1 Å². The zero-order valence-electron chi connectivity index (χ0n) is 9.17. The summed E-state index contributed by atoms with van der Waals surface area (Å²) >= 11 is 4.85. The van der Waals surface area contributed by atoms with Gasteiger partial charge in [0.2, 0.25) is 0 Å². The Morgan fingerprint density at radius 2 is 2.07 bits per heavy atom. The van der Waals surface area contributed by atoms with E-state index in [2.05, 4.69) is 11.8 Å². The molecule has 0 aromatic heterocycles. The molecular weight excluding hydrogens is 192 g/mol. The molecule has 14 heavy (non-hydrogen) atoms. The van der Waals surface area contributed by atoms with Crippen LogP contribution >= 0.6 is 12.2 Å². The molecular formula is C11H22N2S. The minimum absolute atomic E-state index is 0.665. The van der Waals surface area contributed by atoms with Crippen LogP contribution in [-0.2, 0) is 0 Å². The molecule has 0 spiro atoms. The second-order valence-electron chi connectivity index (χ2n) is 4.19. The molecule has 2 nitrogen and oxygen atoms in total. The van der Waals surface area contributed by atoms with E-state index in [4.69, 9.17) is 18.0 Å². The van der Waals surface area contributed by atoms with Crippen LogP contribution in [0.15, 0.2) is 0 Å². The summed E-state index contributed by atoms with van der Waals surface area (Å²) in [5, 5.41) is 0. The Morgan fingerprint density at radius 1 is 1.36 bits per heavy atom. The van der Waals surface area contributed by atoms with E-state index in [-0.39, 0.29) is 0 Å². The van der Waals surface area contributed by atoms with Gasteiger partial charge < -0.3 is 10.6 Å². The van der Waals surface area contributed by atoms with Crippen molar-refractivity contribution < 1.29 is 0 Å². The lowest BCUT2D eigenvalue weighted by atomic mass is 10.2. The van der Waals surface area contributed by atoms with Gasteiger partial charge in [-0.15, -0.1) is 0 Å². The van der Waals surface area contributed by atoms with Gasteiger partial charge in [-0.05, 0) is 51.6 Å². The maximum Gasteiger partial charge on any atom is 0.0727 e. The molecule has 0 atom stereocenters. The molecule has 0 saturated heterocycles. The summed E-state index contributed by atoms with van der Waals surface area (Å²) < 4.78 is 0. The maximum atomic E-state index is 5.46. The minimum atomic E-state index is 0.665. The highest BCUT2D eigenvalue weighted by Crippen LogP contribution is 2.27. The highest BCUT2D eigenvalue weighted by Gasteiger charge is 2.27. The minimum Gasteiger partial charge on any atom is -0.393 e. The first-order chi connectivity index (χ1) is 6.74. The summed E-state index contributed by atoms with van der Waals surface area (Å²) in [5.41, 5.74) is 5.46. The maximum absolute atomic E-state index is 5.46. The molecule has 1 saturated carbocycles. The molecule has 1 fully saturated rings. The van der Waals surface area contributed by atoms with E-state index in [1.165, 1.54) is 38.8 Å². The number of hydrogen-bond donors (Lipinski definition) is 1. The lowest BCUT2D eigenvalue weighted by molar-refractivity contribution is 0.259. The van der Waals surface area contributed by atoms with Gasteiger partial charge in [0, 0.05) is 6.04 Å². The summed E-state index contributed by atoms with van der Waals surface area (Å²) in [6.45, 7) is 4.75. The van der Waals surface area contributed by atoms with Gasteiger partial charge >= 0.3 is 0 Å². The third-order valence-electron chi connectivity index (χ3n) is 2.69. The first-order valence-corrected chi connectivity index (χ1v) is 6.17. The monoisotopic (exact) mass is 214 g/mol. The molecule has 0 bridgehead atoms. The molecule has 3 heteroatoms. The second-order valence-corrected chi connectivity index (χ2v) is 4.71. The van der Waals surface area contributed by atoms with E-state index in [0.717, 1.165) is 18.9 Å². The number of unbranched alkanes of at least 4 members (excludes halogenated alkanes) is 1. The molecule has 0 radical (unpaired) electrons. The van der Waals surface area contributed by atoms with Gasteiger partial charge in [0.15, 0.2) is 0 Å². The molecule has 0 aliphatic heterocycles. The Balaban J connectivity index is 2.04. The Hall–Kier alpha value is -0.150. The Kier molecular flexibility index (Phi) is 5.41. The smallest absolute Gasteiger partial charge is 0.0727 e. The van der Waals surface area contributed by atoms with E-state index >= 15 is 0 Å². The van der Waals surface area contributed by atoms with Crippen LogP contribution in [0.2, 0.25) is 0 Å². The van der Waals surface area contributed by atoms with Gasteiger partial charge in [0.25, 0.3) is 0 Å². The fourth-order valence-corrected chi connectivity index (χ4v) is 1.96. The SMILES string of the molecule is CCCN(CCCCC(N)=S)C1CC1. The zero-order valence-corrected chi connectivity index (χ0v) is 9.98. The molecule has 0 aromatic rings. The summed E-state index contributed by atoms with van der Waals surface area (Å²) in [6, 6.07) is 0.903. The molecule has 1 aliphatic carbocycles. The van der Waals surface area contributed by atoms with Crippen molar-refractivity contribution in [3.8, 4) is 0 Å². The molecule has 82 valence electrons. The van der Waals surface area contributed by atoms with Crippen molar-refractivity contribution in [3.05, 3.63) is 0 Å². The number of rotatable bonds is 8. The summed E-state index contributed by atoms with van der Waals surface area (Å²) in [6.07, 6.45) is 7.41. The van der Waals surface area contributed by atoms with Gasteiger partial charge in [-0.3, -0.25) is 0 Å². The van der Waals surface area contributed by atoms with Crippen molar-refractivity contribution in [1.82, 2.24) is 4.90 Å². The predicted octanol–water partition coefficient (Wildman–Crippen LogP) is 2.32. The van der Waals surface area contributed by atoms with Gasteiger partial charge in [-0.2, -0.15) is 0 Å². The summed E-state index contributed by atoms with van der Waals surface area (Å²) in [4.78, 5) is 3.29. The quantitative estimate of drug-likeness (QED) is 0.497. The third-order valence-corrected chi connectivity index (χ3v) is 2.90. The van der Waals surface area contributed by atoms with Crippen LogP contribution in [-0.4, -0.2) is 29.0 Å². The van der Waals surface area contributed by atoms with Crippen LogP contribution in [0.5, 0.6) is 0 Å². The Labute approximate surface area is 92.8 Å². The molecule has 0 aromatic carbocycles. The summed E-state index contributed by atoms with van der Waals surface area (Å²) in [5.74, 6) is 0. The Bertz CT molecular complexity index is 178. The predicted molar refractivity (Wildman–Crippen MR) is 65.5 cm³/mol. The van der Waals surface area contributed by atoms with Crippen molar-refractivity contribution in [3.63, 3.8) is 0 Å². The molecule has 0 unspecified atom stereocenters. The van der Waals surface area contributed by atoms with Gasteiger partial charge in [0.05, 0.1) is 4.99 Å². The van der Waals surface area contributed by atoms with Crippen LogP contribution in [0.25, 0.3) is 0 Å². The average Bonchev–Trinajstić information content (AvgIpc) is 2.93. The normalized spacial score (nSPS) is 16.1. The van der Waals surface area contributed by atoms with E-state index in [1.807, 2.05) is 0 Å². The van der Waals surface area contributed by atoms with Crippen LogP contribution < -0.4 is 5.73 Å². The lowest BCUT2D eigenvalue weighted by Crippen LogP contribution is -2.28. The molecule has 1 aliphatic rings. The van der Waals surface area contributed by atoms with Gasteiger partial charge in [0.1, 0.15) is 0 Å². The number of hydrogen-bond acceptors (Lipinski definition) is 2. The fraction of sp³-hybridized carbons (Fsp3) is 0.909. The van der Waals surface area contributed by atoms with E-state index in [1.54, 1.807) is 0 Å². The highest BCUT2D eigenvalue weighted by atomic mass is 32.1. The largest absolute Gasteiger partial charge is 0.393 e. The van der Waals surface area contributed by atoms with Crippen molar-refractivity contribution in [1.29, 1.82) is 0 Å². The van der Waals surface area contributed by atoms with Crippen LogP contribution in [0.1, 0.15) is 45.4 Å². The molecule has 2 N–H and O–H groups in total. The van der Waals surface area contributed by atoms with Crippen molar-refractivity contribution in [2.24, 2.45) is 5.73 Å². The third kappa shape index (κ3) is 4.91. The lowest BCUT2D eigenvalue weighted by Gasteiger charge is -2.20. The van der Waals surface area contributed by atoms with E-state index < -0.39 is 0 Å². The number of nitrogens with zero attached hydrogens (tertiary/aromatic N) is 1. The standard InChI is InChI=1S/C11H22N2S/c1-2-8-13(10-6-7-10)9-4-3-5-11(12)14/h10H,2-9H2,1H3,(H2,12,14). The molecule has 0 amide bonds. The fourth-order valence-electron chi connectivity index (χ4n) is 1.82. The number of nitrogens with two attached hydrogens (primary N) is 1. The van der Waals surface area contributed by atoms with E-state index in [0.29, 0.717) is 4.99 Å². The Morgan fingerprint density at radius 3 is 2.57 bits per heavy atom. The number of thiocarbonyl (C=S) groups is 1. The second kappa shape index (κ2) is 6.36. The highest BCUT2D eigenvalue weighted by molar-refractivity contribution is 7.80. The van der Waals surface area contributed by atoms with Crippen LogP contribution in [0.3, 0.4) is 0 Å². The van der Waals surface area contributed by atoms with Crippen molar-refractivity contribution in [2.45, 2.75) is 51.5 Å². The average molecular weight is 214 g/mol. The zero-order chi connectivity index (χ0) is 10.4. The van der Waals surface area contributed by atoms with Crippen molar-refractivity contribution in [2.75, 3.05) is 13.1 Å².